The second-order valence-electron chi connectivity index (χ2n) is 8.29. The molecule has 6 nitrogen and oxygen atoms in total. The van der Waals surface area contributed by atoms with Crippen LogP contribution in [-0.4, -0.2) is 42.4 Å². The van der Waals surface area contributed by atoms with Crippen molar-refractivity contribution in [3.63, 3.8) is 0 Å². The summed E-state index contributed by atoms with van der Waals surface area (Å²) in [5, 5.41) is 2.97. The van der Waals surface area contributed by atoms with Crippen molar-refractivity contribution in [2.75, 3.05) is 19.6 Å². The number of hydrogen-bond acceptors (Lipinski definition) is 4. The molecular weight excluding hydrogens is 395 g/mol. The van der Waals surface area contributed by atoms with Gasteiger partial charge in [-0.2, -0.15) is 0 Å². The number of aryl methyl sites for hydroxylation is 1. The summed E-state index contributed by atoms with van der Waals surface area (Å²) in [6, 6.07) is 14.0. The van der Waals surface area contributed by atoms with Crippen molar-refractivity contribution < 1.29 is 14.0 Å². The maximum atomic E-state index is 13.4. The van der Waals surface area contributed by atoms with Crippen molar-refractivity contribution in [1.29, 1.82) is 0 Å². The zero-order valence-electron chi connectivity index (χ0n) is 17.7. The van der Waals surface area contributed by atoms with Crippen LogP contribution >= 0.6 is 0 Å². The molecule has 7 heteroatoms. The fourth-order valence-electron chi connectivity index (χ4n) is 4.38. The van der Waals surface area contributed by atoms with E-state index in [0.717, 1.165) is 12.0 Å². The molecule has 2 atom stereocenters. The molecule has 2 aromatic carbocycles. The number of nitrogens with zero attached hydrogens (tertiary/aromatic N) is 1. The first-order valence-electron chi connectivity index (χ1n) is 11.0. The van der Waals surface area contributed by atoms with Gasteiger partial charge >= 0.3 is 0 Å². The van der Waals surface area contributed by atoms with Crippen LogP contribution in [0.15, 0.2) is 48.5 Å². The van der Waals surface area contributed by atoms with Gasteiger partial charge in [0.25, 0.3) is 5.91 Å². The molecule has 2 aliphatic heterocycles. The van der Waals surface area contributed by atoms with E-state index < -0.39 is 5.82 Å². The highest BCUT2D eigenvalue weighted by atomic mass is 19.1. The molecular formula is C24H29FN4O2. The number of nitrogens with one attached hydrogen (secondary N) is 3. The Balaban J connectivity index is 1.32. The first kappa shape index (κ1) is 21.5. The zero-order valence-corrected chi connectivity index (χ0v) is 17.7. The summed E-state index contributed by atoms with van der Waals surface area (Å²) in [6.45, 7) is 3.92. The lowest BCUT2D eigenvalue weighted by Gasteiger charge is -2.34. The van der Waals surface area contributed by atoms with Crippen LogP contribution < -0.4 is 16.2 Å². The second kappa shape index (κ2) is 9.58. The summed E-state index contributed by atoms with van der Waals surface area (Å²) in [7, 11) is 0. The number of amides is 2. The average Bonchev–Trinajstić information content (AvgIpc) is 3.29. The molecule has 0 saturated carbocycles. The molecule has 2 saturated heterocycles. The standard InChI is InChI=1S/C24H29FN4O2/c1-2-16-6-8-17(9-7-16)22-21(15-26-28-22)24(31)29-12-10-20(11-13-29)27-23(30)18-4-3-5-19(25)14-18/h3-9,14,20-22,26,28H,2,10-13,15H2,1H3,(H,27,30). The molecule has 3 N–H and O–H groups in total. The highest BCUT2D eigenvalue weighted by Gasteiger charge is 2.37. The van der Waals surface area contributed by atoms with E-state index in [4.69, 9.17) is 0 Å². The Morgan fingerprint density at radius 3 is 2.55 bits per heavy atom. The minimum atomic E-state index is -0.425. The molecule has 31 heavy (non-hydrogen) atoms. The van der Waals surface area contributed by atoms with Gasteiger partial charge in [0.15, 0.2) is 0 Å². The van der Waals surface area contributed by atoms with Crippen molar-refractivity contribution in [2.24, 2.45) is 5.92 Å². The fourth-order valence-corrected chi connectivity index (χ4v) is 4.38. The molecule has 0 aliphatic carbocycles. The summed E-state index contributed by atoms with van der Waals surface area (Å²) in [5.74, 6) is -0.724. The predicted molar refractivity (Wildman–Crippen MR) is 117 cm³/mol. The van der Waals surface area contributed by atoms with Gasteiger partial charge in [-0.25, -0.2) is 9.82 Å². The summed E-state index contributed by atoms with van der Waals surface area (Å²) in [6.07, 6.45) is 2.37. The van der Waals surface area contributed by atoms with Crippen LogP contribution in [0.1, 0.15) is 47.3 Å². The third-order valence-corrected chi connectivity index (χ3v) is 6.27. The fraction of sp³-hybridized carbons (Fsp3) is 0.417. The number of hydrazine groups is 1. The molecule has 2 aliphatic rings. The van der Waals surface area contributed by atoms with E-state index in [0.29, 0.717) is 38.0 Å². The maximum Gasteiger partial charge on any atom is 0.251 e. The van der Waals surface area contributed by atoms with E-state index in [-0.39, 0.29) is 29.8 Å². The van der Waals surface area contributed by atoms with Gasteiger partial charge < -0.3 is 10.2 Å². The van der Waals surface area contributed by atoms with Gasteiger partial charge in [-0.1, -0.05) is 37.3 Å². The van der Waals surface area contributed by atoms with E-state index in [2.05, 4.69) is 47.4 Å². The van der Waals surface area contributed by atoms with Gasteiger partial charge in [0.1, 0.15) is 5.82 Å². The molecule has 2 heterocycles. The Kier molecular flexibility index (Phi) is 6.63. The highest BCUT2D eigenvalue weighted by Crippen LogP contribution is 2.28. The van der Waals surface area contributed by atoms with Crippen LogP contribution in [-0.2, 0) is 11.2 Å². The Labute approximate surface area is 182 Å². The zero-order chi connectivity index (χ0) is 21.8. The van der Waals surface area contributed by atoms with E-state index >= 15 is 0 Å². The molecule has 0 radical (unpaired) electrons. The Hall–Kier alpha value is -2.77. The Morgan fingerprint density at radius 2 is 1.87 bits per heavy atom. The molecule has 164 valence electrons. The van der Waals surface area contributed by atoms with Crippen LogP contribution in [0, 0.1) is 11.7 Å². The lowest BCUT2D eigenvalue weighted by atomic mass is 9.92. The van der Waals surface area contributed by atoms with Crippen LogP contribution in [0.2, 0.25) is 0 Å². The van der Waals surface area contributed by atoms with Gasteiger partial charge in [0.05, 0.1) is 12.0 Å². The summed E-state index contributed by atoms with van der Waals surface area (Å²) < 4.78 is 13.4. The van der Waals surface area contributed by atoms with E-state index in [1.165, 1.54) is 23.8 Å². The average molecular weight is 425 g/mol. The van der Waals surface area contributed by atoms with E-state index in [1.807, 2.05) is 4.90 Å². The quantitative estimate of drug-likeness (QED) is 0.690. The van der Waals surface area contributed by atoms with Gasteiger partial charge in [0, 0.05) is 31.2 Å². The van der Waals surface area contributed by atoms with Crippen molar-refractivity contribution in [3.8, 4) is 0 Å². The lowest BCUT2D eigenvalue weighted by molar-refractivity contribution is -0.136. The monoisotopic (exact) mass is 424 g/mol. The first-order chi connectivity index (χ1) is 15.0. The van der Waals surface area contributed by atoms with Crippen LogP contribution in [0.5, 0.6) is 0 Å². The molecule has 0 aromatic heterocycles. The molecule has 2 fully saturated rings. The first-order valence-corrected chi connectivity index (χ1v) is 11.0. The number of carbonyl (C=O) groups is 2. The second-order valence-corrected chi connectivity index (χ2v) is 8.29. The van der Waals surface area contributed by atoms with Crippen molar-refractivity contribution in [3.05, 3.63) is 71.0 Å². The third-order valence-electron chi connectivity index (χ3n) is 6.27. The number of hydrogen-bond donors (Lipinski definition) is 3. The smallest absolute Gasteiger partial charge is 0.251 e. The third kappa shape index (κ3) is 4.94. The lowest BCUT2D eigenvalue weighted by Crippen LogP contribution is -2.49. The van der Waals surface area contributed by atoms with Crippen molar-refractivity contribution >= 4 is 11.8 Å². The van der Waals surface area contributed by atoms with Crippen LogP contribution in [0.3, 0.4) is 0 Å². The van der Waals surface area contributed by atoms with Gasteiger partial charge in [-0.15, -0.1) is 0 Å². The molecule has 2 amide bonds. The number of piperidine rings is 1. The Morgan fingerprint density at radius 1 is 1.13 bits per heavy atom. The number of likely N-dealkylation sites (tertiary alicyclic amines) is 1. The number of rotatable bonds is 5. The SMILES string of the molecule is CCc1ccc(C2NNCC2C(=O)N2CCC(NC(=O)c3cccc(F)c3)CC2)cc1. The Bertz CT molecular complexity index is 925. The minimum absolute atomic E-state index is 0.0166. The van der Waals surface area contributed by atoms with Gasteiger partial charge in [0.2, 0.25) is 5.91 Å². The summed E-state index contributed by atoms with van der Waals surface area (Å²) >= 11 is 0. The molecule has 0 bridgehead atoms. The molecule has 2 aromatic rings. The molecule has 4 rings (SSSR count). The maximum absolute atomic E-state index is 13.4. The van der Waals surface area contributed by atoms with Crippen molar-refractivity contribution in [1.82, 2.24) is 21.1 Å². The van der Waals surface area contributed by atoms with Crippen molar-refractivity contribution in [2.45, 2.75) is 38.3 Å². The topological polar surface area (TPSA) is 73.5 Å². The number of carbonyl (C=O) groups excluding carboxylic acids is 2. The molecule has 2 unspecified atom stereocenters. The normalized spacial score (nSPS) is 21.8. The van der Waals surface area contributed by atoms with Crippen LogP contribution in [0.25, 0.3) is 0 Å². The molecule has 0 spiro atoms. The van der Waals surface area contributed by atoms with Gasteiger partial charge in [-0.3, -0.25) is 15.0 Å². The van der Waals surface area contributed by atoms with Crippen LogP contribution in [0.4, 0.5) is 4.39 Å². The highest BCUT2D eigenvalue weighted by molar-refractivity contribution is 5.94. The van der Waals surface area contributed by atoms with Gasteiger partial charge in [-0.05, 0) is 48.6 Å². The summed E-state index contributed by atoms with van der Waals surface area (Å²) in [4.78, 5) is 27.5. The van der Waals surface area contributed by atoms with E-state index in [1.54, 1.807) is 6.07 Å². The minimum Gasteiger partial charge on any atom is -0.349 e. The summed E-state index contributed by atoms with van der Waals surface area (Å²) in [5.41, 5.74) is 9.10. The number of benzene rings is 2. The number of halogens is 1. The van der Waals surface area contributed by atoms with E-state index in [9.17, 15) is 14.0 Å². The largest absolute Gasteiger partial charge is 0.349 e. The predicted octanol–water partition coefficient (Wildman–Crippen LogP) is 2.57.